The van der Waals surface area contributed by atoms with Crippen molar-refractivity contribution in [3.63, 3.8) is 0 Å². The van der Waals surface area contributed by atoms with Crippen LogP contribution in [0.5, 0.6) is 0 Å². The first kappa shape index (κ1) is 17.4. The van der Waals surface area contributed by atoms with Crippen molar-refractivity contribution < 1.29 is 0 Å². The Bertz CT molecular complexity index is 1510. The van der Waals surface area contributed by atoms with Crippen LogP contribution in [0.4, 0.5) is 0 Å². The second kappa shape index (κ2) is 6.72. The number of H-pyrrole nitrogens is 1. The molecule has 0 saturated heterocycles. The molecule has 3 aromatic carbocycles. The predicted octanol–water partition coefficient (Wildman–Crippen LogP) is 4.55. The monoisotopic (exact) mass is 399 g/mol. The zero-order valence-electron chi connectivity index (χ0n) is 15.1. The first-order valence-electron chi connectivity index (χ1n) is 9.00. The molecule has 0 aliphatic rings. The van der Waals surface area contributed by atoms with E-state index in [1.54, 1.807) is 24.4 Å². The molecule has 0 aliphatic heterocycles. The fourth-order valence-electron chi connectivity index (χ4n) is 3.58. The highest BCUT2D eigenvalue weighted by Crippen LogP contribution is 2.29. The number of pyridine rings is 1. The minimum Gasteiger partial charge on any atom is -0.306 e. The van der Waals surface area contributed by atoms with E-state index in [4.69, 9.17) is 11.6 Å². The summed E-state index contributed by atoms with van der Waals surface area (Å²) in [7, 11) is 0. The Balaban J connectivity index is 1.78. The van der Waals surface area contributed by atoms with E-state index >= 15 is 0 Å². The first-order valence-corrected chi connectivity index (χ1v) is 9.38. The topological polar surface area (TPSA) is 67.8 Å². The van der Waals surface area contributed by atoms with E-state index < -0.39 is 11.2 Å². The first-order chi connectivity index (χ1) is 14.1. The third kappa shape index (κ3) is 2.83. The second-order valence-corrected chi connectivity index (χ2v) is 7.10. The van der Waals surface area contributed by atoms with Crippen LogP contribution < -0.4 is 11.2 Å². The van der Waals surface area contributed by atoms with Crippen LogP contribution in [0.1, 0.15) is 0 Å². The normalized spacial score (nSPS) is 11.2. The Kier molecular flexibility index (Phi) is 4.03. The van der Waals surface area contributed by atoms with E-state index in [9.17, 15) is 9.59 Å². The van der Waals surface area contributed by atoms with Gasteiger partial charge >= 0.3 is 5.69 Å². The molecular formula is C23H14ClN3O2. The number of aromatic nitrogens is 3. The molecule has 0 fully saturated rings. The third-order valence-corrected chi connectivity index (χ3v) is 5.30. The number of halogens is 1. The van der Waals surface area contributed by atoms with Crippen molar-refractivity contribution in [2.45, 2.75) is 0 Å². The standard InChI is InChI=1S/C23H14ClN3O2/c24-19-8-4-3-6-16(19)14-9-10-18-20(11-14)26-23(29)27(22(18)28)21-13-25-12-15-5-1-2-7-17(15)21/h1-13H,(H,26,29). The van der Waals surface area contributed by atoms with Gasteiger partial charge in [-0.3, -0.25) is 9.78 Å². The van der Waals surface area contributed by atoms with Gasteiger partial charge in [0.05, 0.1) is 22.8 Å². The summed E-state index contributed by atoms with van der Waals surface area (Å²) in [4.78, 5) is 33.1. The van der Waals surface area contributed by atoms with E-state index in [1.807, 2.05) is 48.5 Å². The van der Waals surface area contributed by atoms with Gasteiger partial charge in [0, 0.05) is 27.6 Å². The lowest BCUT2D eigenvalue weighted by Crippen LogP contribution is -2.33. The minimum absolute atomic E-state index is 0.396. The SMILES string of the molecule is O=c1[nH]c2cc(-c3ccccc3Cl)ccc2c(=O)n1-c1cncc2ccccc12. The summed E-state index contributed by atoms with van der Waals surface area (Å²) in [6.07, 6.45) is 3.23. The van der Waals surface area contributed by atoms with Gasteiger partial charge in [-0.2, -0.15) is 0 Å². The minimum atomic E-state index is -0.517. The number of nitrogens with one attached hydrogen (secondary N) is 1. The van der Waals surface area contributed by atoms with Crippen molar-refractivity contribution in [3.05, 3.63) is 105 Å². The Labute approximate surface area is 169 Å². The van der Waals surface area contributed by atoms with Crippen LogP contribution in [-0.4, -0.2) is 14.5 Å². The third-order valence-electron chi connectivity index (χ3n) is 4.97. The summed E-state index contributed by atoms with van der Waals surface area (Å²) in [6.45, 7) is 0. The van der Waals surface area contributed by atoms with Crippen molar-refractivity contribution in [1.29, 1.82) is 0 Å². The van der Waals surface area contributed by atoms with Crippen LogP contribution in [0.2, 0.25) is 5.02 Å². The number of benzene rings is 3. The van der Waals surface area contributed by atoms with E-state index in [-0.39, 0.29) is 0 Å². The lowest BCUT2D eigenvalue weighted by atomic mass is 10.0. The van der Waals surface area contributed by atoms with E-state index in [1.165, 1.54) is 6.20 Å². The molecule has 5 nitrogen and oxygen atoms in total. The second-order valence-electron chi connectivity index (χ2n) is 6.69. The Morgan fingerprint density at radius 2 is 1.66 bits per heavy atom. The molecule has 0 spiro atoms. The zero-order valence-corrected chi connectivity index (χ0v) is 15.9. The predicted molar refractivity (Wildman–Crippen MR) is 116 cm³/mol. The summed E-state index contributed by atoms with van der Waals surface area (Å²) < 4.78 is 1.13. The molecule has 2 aromatic heterocycles. The number of aromatic amines is 1. The summed E-state index contributed by atoms with van der Waals surface area (Å²) >= 11 is 6.29. The largest absolute Gasteiger partial charge is 0.333 e. The maximum absolute atomic E-state index is 13.2. The number of nitrogens with zero attached hydrogens (tertiary/aromatic N) is 2. The quantitative estimate of drug-likeness (QED) is 0.473. The number of rotatable bonds is 2. The molecule has 0 aliphatic carbocycles. The highest BCUT2D eigenvalue weighted by molar-refractivity contribution is 6.33. The van der Waals surface area contributed by atoms with Crippen molar-refractivity contribution in [1.82, 2.24) is 14.5 Å². The average Bonchev–Trinajstić information content (AvgIpc) is 2.74. The van der Waals surface area contributed by atoms with Gasteiger partial charge < -0.3 is 4.98 Å². The highest BCUT2D eigenvalue weighted by atomic mass is 35.5. The summed E-state index contributed by atoms with van der Waals surface area (Å²) in [5, 5.41) is 2.64. The molecular weight excluding hydrogens is 386 g/mol. The molecule has 29 heavy (non-hydrogen) atoms. The summed E-state index contributed by atoms with van der Waals surface area (Å²) in [5.74, 6) is 0. The molecule has 140 valence electrons. The lowest BCUT2D eigenvalue weighted by molar-refractivity contribution is 0.902. The van der Waals surface area contributed by atoms with Gasteiger partial charge in [0.15, 0.2) is 0 Å². The van der Waals surface area contributed by atoms with Gasteiger partial charge in [-0.25, -0.2) is 9.36 Å². The van der Waals surface area contributed by atoms with Crippen molar-refractivity contribution in [3.8, 4) is 16.8 Å². The van der Waals surface area contributed by atoms with Gasteiger partial charge in [-0.1, -0.05) is 60.1 Å². The van der Waals surface area contributed by atoms with Gasteiger partial charge in [-0.05, 0) is 23.8 Å². The maximum atomic E-state index is 13.2. The van der Waals surface area contributed by atoms with Crippen molar-refractivity contribution in [2.24, 2.45) is 0 Å². The molecule has 0 saturated carbocycles. The Morgan fingerprint density at radius 3 is 2.52 bits per heavy atom. The molecule has 2 heterocycles. The van der Waals surface area contributed by atoms with Crippen LogP contribution in [-0.2, 0) is 0 Å². The van der Waals surface area contributed by atoms with Gasteiger partial charge in [0.25, 0.3) is 5.56 Å². The molecule has 6 heteroatoms. The molecule has 0 atom stereocenters. The van der Waals surface area contributed by atoms with Crippen LogP contribution in [0.3, 0.4) is 0 Å². The zero-order chi connectivity index (χ0) is 20.0. The lowest BCUT2D eigenvalue weighted by Gasteiger charge is -2.10. The summed E-state index contributed by atoms with van der Waals surface area (Å²) in [6, 6.07) is 20.2. The van der Waals surface area contributed by atoms with Crippen molar-refractivity contribution in [2.75, 3.05) is 0 Å². The summed E-state index contributed by atoms with van der Waals surface area (Å²) in [5.41, 5.74) is 1.65. The molecule has 5 rings (SSSR count). The van der Waals surface area contributed by atoms with Crippen molar-refractivity contribution >= 4 is 33.3 Å². The molecule has 0 radical (unpaired) electrons. The average molecular weight is 400 g/mol. The van der Waals surface area contributed by atoms with Crippen LogP contribution in [0, 0.1) is 0 Å². The molecule has 0 amide bonds. The fourth-order valence-corrected chi connectivity index (χ4v) is 3.82. The Morgan fingerprint density at radius 1 is 0.862 bits per heavy atom. The van der Waals surface area contributed by atoms with E-state index in [0.717, 1.165) is 26.5 Å². The van der Waals surface area contributed by atoms with Crippen LogP contribution in [0.15, 0.2) is 88.7 Å². The van der Waals surface area contributed by atoms with Gasteiger partial charge in [0.1, 0.15) is 0 Å². The fraction of sp³-hybridized carbons (Fsp3) is 0. The number of hydrogen-bond donors (Lipinski definition) is 1. The van der Waals surface area contributed by atoms with Crippen LogP contribution in [0.25, 0.3) is 38.5 Å². The maximum Gasteiger partial charge on any atom is 0.333 e. The van der Waals surface area contributed by atoms with Gasteiger partial charge in [-0.15, -0.1) is 0 Å². The molecule has 0 unspecified atom stereocenters. The number of hydrogen-bond acceptors (Lipinski definition) is 3. The van der Waals surface area contributed by atoms with E-state index in [2.05, 4.69) is 9.97 Å². The van der Waals surface area contributed by atoms with Gasteiger partial charge in [0.2, 0.25) is 0 Å². The highest BCUT2D eigenvalue weighted by Gasteiger charge is 2.13. The molecule has 0 bridgehead atoms. The van der Waals surface area contributed by atoms with Crippen LogP contribution >= 0.6 is 11.6 Å². The van der Waals surface area contributed by atoms with E-state index in [0.29, 0.717) is 21.6 Å². The molecule has 5 aromatic rings. The Hall–Kier alpha value is -3.70. The smallest absolute Gasteiger partial charge is 0.306 e. The number of fused-ring (bicyclic) bond motifs is 2. The molecule has 1 N–H and O–H groups in total.